The van der Waals surface area contributed by atoms with Crippen LogP contribution in [0.2, 0.25) is 0 Å². The van der Waals surface area contributed by atoms with Crippen LogP contribution in [0.1, 0.15) is 38.7 Å². The second-order valence-corrected chi connectivity index (χ2v) is 6.91. The first-order valence-corrected chi connectivity index (χ1v) is 7.34. The molecule has 0 saturated carbocycles. The number of carboxylic acids is 1. The van der Waals surface area contributed by atoms with E-state index < -0.39 is 35.3 Å². The van der Waals surface area contributed by atoms with Crippen LogP contribution in [0.5, 0.6) is 0 Å². The summed E-state index contributed by atoms with van der Waals surface area (Å²) in [5.74, 6) is -6.55. The SMILES string of the molecule is CC(C)(C)[NH+]1CC[C@@H](C(=O)O)[C@H](c2ccc(F)c(F)c2F)C1. The van der Waals surface area contributed by atoms with Gasteiger partial charge in [-0.15, -0.1) is 0 Å². The van der Waals surface area contributed by atoms with Crippen LogP contribution in [0.15, 0.2) is 12.1 Å². The van der Waals surface area contributed by atoms with Gasteiger partial charge in [0.05, 0.1) is 24.5 Å². The van der Waals surface area contributed by atoms with E-state index in [1.54, 1.807) is 0 Å². The molecule has 3 atom stereocenters. The number of halogens is 3. The number of likely N-dealkylation sites (tertiary alicyclic amines) is 1. The lowest BCUT2D eigenvalue weighted by Crippen LogP contribution is -3.20. The number of hydrogen-bond acceptors (Lipinski definition) is 1. The highest BCUT2D eigenvalue weighted by Crippen LogP contribution is 2.32. The van der Waals surface area contributed by atoms with Crippen LogP contribution in [-0.2, 0) is 4.79 Å². The second-order valence-electron chi connectivity index (χ2n) is 6.91. The molecular formula is C16H21F3NO2+. The molecule has 1 aromatic rings. The van der Waals surface area contributed by atoms with Gasteiger partial charge in [0, 0.05) is 17.9 Å². The van der Waals surface area contributed by atoms with E-state index in [4.69, 9.17) is 0 Å². The van der Waals surface area contributed by atoms with Crippen molar-refractivity contribution in [2.75, 3.05) is 13.1 Å². The van der Waals surface area contributed by atoms with Crippen LogP contribution in [0.25, 0.3) is 0 Å². The third kappa shape index (κ3) is 3.11. The third-order valence-corrected chi connectivity index (χ3v) is 4.55. The molecule has 0 amide bonds. The number of benzene rings is 1. The summed E-state index contributed by atoms with van der Waals surface area (Å²) in [4.78, 5) is 12.6. The van der Waals surface area contributed by atoms with Crippen LogP contribution in [0.3, 0.4) is 0 Å². The average molecular weight is 316 g/mol. The molecule has 1 heterocycles. The van der Waals surface area contributed by atoms with Gasteiger partial charge in [0.1, 0.15) is 0 Å². The summed E-state index contributed by atoms with van der Waals surface area (Å²) < 4.78 is 40.7. The van der Waals surface area contributed by atoms with Crippen LogP contribution < -0.4 is 4.90 Å². The molecule has 122 valence electrons. The lowest BCUT2D eigenvalue weighted by Gasteiger charge is -2.41. The van der Waals surface area contributed by atoms with E-state index in [2.05, 4.69) is 0 Å². The summed E-state index contributed by atoms with van der Waals surface area (Å²) >= 11 is 0. The van der Waals surface area contributed by atoms with E-state index in [9.17, 15) is 23.1 Å². The number of aliphatic carboxylic acids is 1. The summed E-state index contributed by atoms with van der Waals surface area (Å²) in [7, 11) is 0. The fraction of sp³-hybridized carbons (Fsp3) is 0.562. The molecule has 0 aromatic heterocycles. The average Bonchev–Trinajstić information content (AvgIpc) is 2.43. The molecule has 2 rings (SSSR count). The zero-order valence-corrected chi connectivity index (χ0v) is 12.9. The van der Waals surface area contributed by atoms with Crippen molar-refractivity contribution in [2.24, 2.45) is 5.92 Å². The van der Waals surface area contributed by atoms with Gasteiger partial charge >= 0.3 is 5.97 Å². The van der Waals surface area contributed by atoms with E-state index in [0.29, 0.717) is 19.5 Å². The first-order valence-electron chi connectivity index (χ1n) is 7.34. The highest BCUT2D eigenvalue weighted by atomic mass is 19.2. The minimum atomic E-state index is -1.54. The minimum Gasteiger partial charge on any atom is -0.481 e. The summed E-state index contributed by atoms with van der Waals surface area (Å²) in [6, 6.07) is 2.03. The van der Waals surface area contributed by atoms with Gasteiger partial charge in [-0.2, -0.15) is 0 Å². The predicted molar refractivity (Wildman–Crippen MR) is 75.2 cm³/mol. The van der Waals surface area contributed by atoms with Crippen molar-refractivity contribution in [3.8, 4) is 0 Å². The largest absolute Gasteiger partial charge is 0.481 e. The van der Waals surface area contributed by atoms with Crippen LogP contribution in [0, 0.1) is 23.4 Å². The molecule has 1 saturated heterocycles. The first kappa shape index (κ1) is 16.8. The zero-order valence-electron chi connectivity index (χ0n) is 12.9. The van der Waals surface area contributed by atoms with E-state index in [1.807, 2.05) is 20.8 Å². The van der Waals surface area contributed by atoms with Gasteiger partial charge in [-0.1, -0.05) is 6.07 Å². The molecule has 2 N–H and O–H groups in total. The summed E-state index contributed by atoms with van der Waals surface area (Å²) in [5, 5.41) is 9.37. The zero-order chi connectivity index (χ0) is 16.7. The Morgan fingerprint density at radius 1 is 1.23 bits per heavy atom. The highest BCUT2D eigenvalue weighted by Gasteiger charge is 2.42. The van der Waals surface area contributed by atoms with Crippen LogP contribution in [-0.4, -0.2) is 29.7 Å². The number of carbonyl (C=O) groups is 1. The fourth-order valence-electron chi connectivity index (χ4n) is 3.17. The molecule has 1 fully saturated rings. The third-order valence-electron chi connectivity index (χ3n) is 4.55. The molecule has 0 radical (unpaired) electrons. The maximum absolute atomic E-state index is 14.1. The molecule has 1 unspecified atom stereocenters. The van der Waals surface area contributed by atoms with Crippen molar-refractivity contribution in [2.45, 2.75) is 38.6 Å². The Morgan fingerprint density at radius 2 is 1.86 bits per heavy atom. The van der Waals surface area contributed by atoms with Crippen molar-refractivity contribution in [1.29, 1.82) is 0 Å². The number of nitrogens with one attached hydrogen (secondary N) is 1. The summed E-state index contributed by atoms with van der Waals surface area (Å²) in [5.41, 5.74) is -0.177. The molecular weight excluding hydrogens is 295 g/mol. The van der Waals surface area contributed by atoms with E-state index >= 15 is 0 Å². The van der Waals surface area contributed by atoms with Crippen molar-refractivity contribution >= 4 is 5.97 Å². The lowest BCUT2D eigenvalue weighted by molar-refractivity contribution is -0.953. The molecule has 1 aromatic carbocycles. The Kier molecular flexibility index (Phi) is 4.52. The van der Waals surface area contributed by atoms with Crippen molar-refractivity contribution in [1.82, 2.24) is 0 Å². The number of hydrogen-bond donors (Lipinski definition) is 2. The van der Waals surface area contributed by atoms with Gasteiger partial charge in [-0.3, -0.25) is 4.79 Å². The molecule has 22 heavy (non-hydrogen) atoms. The summed E-state index contributed by atoms with van der Waals surface area (Å²) in [6.45, 7) is 7.08. The van der Waals surface area contributed by atoms with E-state index in [0.717, 1.165) is 11.0 Å². The Labute approximate surface area is 127 Å². The van der Waals surface area contributed by atoms with Crippen molar-refractivity contribution in [3.05, 3.63) is 35.1 Å². The Balaban J connectivity index is 2.42. The van der Waals surface area contributed by atoms with Gasteiger partial charge in [0.15, 0.2) is 17.5 Å². The minimum absolute atomic E-state index is 0.0484. The Bertz CT molecular complexity index is 583. The monoisotopic (exact) mass is 316 g/mol. The highest BCUT2D eigenvalue weighted by molar-refractivity contribution is 5.71. The summed E-state index contributed by atoms with van der Waals surface area (Å²) in [6.07, 6.45) is 0.380. The van der Waals surface area contributed by atoms with Gasteiger partial charge in [-0.05, 0) is 26.8 Å². The van der Waals surface area contributed by atoms with Crippen LogP contribution in [0.4, 0.5) is 13.2 Å². The Hall–Kier alpha value is -1.56. The quantitative estimate of drug-likeness (QED) is 0.819. The first-order chi connectivity index (χ1) is 10.1. The molecule has 0 spiro atoms. The lowest BCUT2D eigenvalue weighted by atomic mass is 9.79. The molecule has 0 aliphatic carbocycles. The molecule has 1 aliphatic rings. The van der Waals surface area contributed by atoms with Crippen molar-refractivity contribution in [3.63, 3.8) is 0 Å². The van der Waals surface area contributed by atoms with Crippen LogP contribution >= 0.6 is 0 Å². The number of quaternary nitrogens is 1. The molecule has 0 bridgehead atoms. The topological polar surface area (TPSA) is 41.7 Å². The van der Waals surface area contributed by atoms with Gasteiger partial charge < -0.3 is 10.0 Å². The smallest absolute Gasteiger partial charge is 0.307 e. The van der Waals surface area contributed by atoms with Crippen molar-refractivity contribution < 1.29 is 28.0 Å². The fourth-order valence-corrected chi connectivity index (χ4v) is 3.17. The van der Waals surface area contributed by atoms with Gasteiger partial charge in [-0.25, -0.2) is 13.2 Å². The predicted octanol–water partition coefficient (Wildman–Crippen LogP) is 1.98. The number of carboxylic acid groups (broad SMARTS) is 1. The van der Waals surface area contributed by atoms with Gasteiger partial charge in [0.2, 0.25) is 0 Å². The second kappa shape index (κ2) is 5.91. The Morgan fingerprint density at radius 3 is 2.41 bits per heavy atom. The number of rotatable bonds is 2. The molecule has 6 heteroatoms. The maximum atomic E-state index is 14.1. The maximum Gasteiger partial charge on any atom is 0.307 e. The van der Waals surface area contributed by atoms with E-state index in [-0.39, 0.29) is 11.1 Å². The molecule has 1 aliphatic heterocycles. The van der Waals surface area contributed by atoms with E-state index in [1.165, 1.54) is 6.07 Å². The normalized spacial score (nSPS) is 26.0. The molecule has 3 nitrogen and oxygen atoms in total. The standard InChI is InChI=1S/C16H20F3NO2/c1-16(2,3)20-7-6-10(15(21)22)11(8-20)9-4-5-12(17)14(19)13(9)18/h4-5,10-11H,6-8H2,1-3H3,(H,21,22)/p+1/t10-,11+/m1/s1. The number of piperidine rings is 1. The van der Waals surface area contributed by atoms with Gasteiger partial charge in [0.25, 0.3) is 0 Å².